The number of ketones is 1. The van der Waals surface area contributed by atoms with Crippen LogP contribution in [-0.4, -0.2) is 15.8 Å². The van der Waals surface area contributed by atoms with E-state index in [1.165, 1.54) is 0 Å². The second-order valence-corrected chi connectivity index (χ2v) is 7.52. The number of aromatic amines is 1. The van der Waals surface area contributed by atoms with Gasteiger partial charge in [-0.25, -0.2) is 0 Å². The Kier molecular flexibility index (Phi) is 3.32. The largest absolute Gasteiger partial charge is 0.369 e. The van der Waals surface area contributed by atoms with Crippen molar-refractivity contribution in [3.63, 3.8) is 0 Å². The molecule has 1 aromatic heterocycles. The van der Waals surface area contributed by atoms with E-state index < -0.39 is 5.92 Å². The number of allylic oxidation sites excluding steroid dienone is 2. The molecule has 4 N–H and O–H groups in total. The molecule has 0 radical (unpaired) electrons. The maximum Gasteiger partial charge on any atom is 0.258 e. The highest BCUT2D eigenvalue weighted by atomic mass is 16.1. The van der Waals surface area contributed by atoms with E-state index in [2.05, 4.69) is 29.1 Å². The van der Waals surface area contributed by atoms with Gasteiger partial charge in [-0.15, -0.1) is 0 Å². The smallest absolute Gasteiger partial charge is 0.258 e. The van der Waals surface area contributed by atoms with Crippen LogP contribution in [0.5, 0.6) is 0 Å². The van der Waals surface area contributed by atoms with Gasteiger partial charge in [0.25, 0.3) is 5.56 Å². The highest BCUT2D eigenvalue weighted by Crippen LogP contribution is 2.47. The van der Waals surface area contributed by atoms with Gasteiger partial charge in [0.05, 0.1) is 5.56 Å². The van der Waals surface area contributed by atoms with Gasteiger partial charge in [-0.2, -0.15) is 4.98 Å². The molecule has 0 saturated heterocycles. The van der Waals surface area contributed by atoms with Crippen LogP contribution in [0.1, 0.15) is 43.7 Å². The van der Waals surface area contributed by atoms with Crippen molar-refractivity contribution >= 4 is 17.5 Å². The van der Waals surface area contributed by atoms with Gasteiger partial charge in [0, 0.05) is 23.6 Å². The number of nitrogens with zero attached hydrogens (tertiary/aromatic N) is 1. The molecule has 25 heavy (non-hydrogen) atoms. The molecule has 1 aromatic carbocycles. The molecule has 1 atom stereocenters. The van der Waals surface area contributed by atoms with Crippen LogP contribution in [0.2, 0.25) is 0 Å². The maximum absolute atomic E-state index is 13.0. The molecule has 1 aliphatic heterocycles. The standard InChI is InChI=1S/C19H20N4O2/c1-19(2)8-11-14(12(24)9-19)13(10-6-4-3-5-7-10)15-16(21-11)22-18(20)23-17(15)25/h3-7,13H,8-9H2,1-2H3,(H4,20,21,22,23,25)/t13-/m0/s1. The van der Waals surface area contributed by atoms with Crippen molar-refractivity contribution in [3.05, 3.63) is 63.1 Å². The van der Waals surface area contributed by atoms with Gasteiger partial charge in [0.2, 0.25) is 5.95 Å². The number of carbonyl (C=O) groups is 1. The van der Waals surface area contributed by atoms with Gasteiger partial charge in [-0.1, -0.05) is 44.2 Å². The predicted molar refractivity (Wildman–Crippen MR) is 96.2 cm³/mol. The first-order valence-electron chi connectivity index (χ1n) is 8.34. The number of fused-ring (bicyclic) bond motifs is 1. The zero-order valence-electron chi connectivity index (χ0n) is 14.2. The van der Waals surface area contributed by atoms with Crippen molar-refractivity contribution in [1.29, 1.82) is 0 Å². The molecular weight excluding hydrogens is 316 g/mol. The third-order valence-corrected chi connectivity index (χ3v) is 4.87. The molecular formula is C19H20N4O2. The molecule has 4 rings (SSSR count). The molecule has 0 bridgehead atoms. The van der Waals surface area contributed by atoms with E-state index in [4.69, 9.17) is 5.73 Å². The van der Waals surface area contributed by atoms with Crippen LogP contribution in [0.15, 0.2) is 46.4 Å². The number of Topliss-reactive ketones (excluding diaryl/α,β-unsaturated/α-hetero) is 1. The molecule has 0 amide bonds. The maximum atomic E-state index is 13.0. The minimum atomic E-state index is -0.423. The second kappa shape index (κ2) is 5.31. The number of aromatic nitrogens is 2. The number of rotatable bonds is 1. The first-order chi connectivity index (χ1) is 11.9. The number of hydrogen-bond donors (Lipinski definition) is 3. The number of carbonyl (C=O) groups excluding carboxylic acids is 1. The lowest BCUT2D eigenvalue weighted by Gasteiger charge is -2.38. The summed E-state index contributed by atoms with van der Waals surface area (Å²) < 4.78 is 0. The molecule has 6 heteroatoms. The summed E-state index contributed by atoms with van der Waals surface area (Å²) in [6, 6.07) is 9.61. The number of hydrogen-bond acceptors (Lipinski definition) is 5. The number of nitrogen functional groups attached to an aromatic ring is 1. The SMILES string of the molecule is CC1(C)CC(=O)C2=C(C1)Nc1nc(N)[nH]c(=O)c1[C@H]2c1ccccc1. The number of H-pyrrole nitrogens is 1. The van der Waals surface area contributed by atoms with Crippen molar-refractivity contribution in [1.82, 2.24) is 9.97 Å². The fourth-order valence-electron chi connectivity index (χ4n) is 3.91. The Hall–Kier alpha value is -2.89. The Labute approximate surface area is 145 Å². The van der Waals surface area contributed by atoms with Crippen LogP contribution in [0, 0.1) is 5.41 Å². The van der Waals surface area contributed by atoms with E-state index in [1.807, 2.05) is 30.3 Å². The van der Waals surface area contributed by atoms with Crippen molar-refractivity contribution in [2.75, 3.05) is 11.1 Å². The van der Waals surface area contributed by atoms with Crippen LogP contribution in [0.25, 0.3) is 0 Å². The Morgan fingerprint density at radius 1 is 1.16 bits per heavy atom. The summed E-state index contributed by atoms with van der Waals surface area (Å²) in [7, 11) is 0. The third-order valence-electron chi connectivity index (χ3n) is 4.87. The summed E-state index contributed by atoms with van der Waals surface area (Å²) in [5, 5.41) is 3.21. The van der Waals surface area contributed by atoms with Crippen LogP contribution in [0.3, 0.4) is 0 Å². The number of benzene rings is 1. The lowest BCUT2D eigenvalue weighted by molar-refractivity contribution is -0.118. The van der Waals surface area contributed by atoms with E-state index in [0.717, 1.165) is 17.7 Å². The molecule has 0 unspecified atom stereocenters. The van der Waals surface area contributed by atoms with Gasteiger partial charge in [-0.05, 0) is 17.4 Å². The average Bonchev–Trinajstić information content (AvgIpc) is 2.52. The van der Waals surface area contributed by atoms with Crippen molar-refractivity contribution in [3.8, 4) is 0 Å². The van der Waals surface area contributed by atoms with Gasteiger partial charge in [0.1, 0.15) is 5.82 Å². The fourth-order valence-corrected chi connectivity index (χ4v) is 3.91. The first-order valence-corrected chi connectivity index (χ1v) is 8.34. The van der Waals surface area contributed by atoms with E-state index in [1.54, 1.807) is 0 Å². The van der Waals surface area contributed by atoms with Gasteiger partial charge < -0.3 is 11.1 Å². The van der Waals surface area contributed by atoms with Crippen molar-refractivity contribution in [2.24, 2.45) is 5.41 Å². The first kappa shape index (κ1) is 15.6. The Morgan fingerprint density at radius 3 is 2.60 bits per heavy atom. The Balaban J connectivity index is 2.00. The topological polar surface area (TPSA) is 101 Å². The highest BCUT2D eigenvalue weighted by molar-refractivity contribution is 6.01. The molecule has 128 valence electrons. The van der Waals surface area contributed by atoms with E-state index in [-0.39, 0.29) is 22.7 Å². The molecule has 2 aliphatic rings. The molecule has 0 fully saturated rings. The normalized spacial score (nSPS) is 21.4. The molecule has 2 heterocycles. The van der Waals surface area contributed by atoms with Gasteiger partial charge >= 0.3 is 0 Å². The Bertz CT molecular complexity index is 957. The second-order valence-electron chi connectivity index (χ2n) is 7.52. The van der Waals surface area contributed by atoms with E-state index >= 15 is 0 Å². The van der Waals surface area contributed by atoms with Crippen LogP contribution < -0.4 is 16.6 Å². The Morgan fingerprint density at radius 2 is 1.88 bits per heavy atom. The fraction of sp³-hybridized carbons (Fsp3) is 0.316. The molecule has 6 nitrogen and oxygen atoms in total. The third kappa shape index (κ3) is 2.54. The van der Waals surface area contributed by atoms with Crippen LogP contribution in [-0.2, 0) is 4.79 Å². The number of nitrogens with one attached hydrogen (secondary N) is 2. The summed E-state index contributed by atoms with van der Waals surface area (Å²) >= 11 is 0. The van der Waals surface area contributed by atoms with Crippen LogP contribution in [0.4, 0.5) is 11.8 Å². The zero-order chi connectivity index (χ0) is 17.8. The summed E-state index contributed by atoms with van der Waals surface area (Å²) in [4.78, 5) is 32.4. The minimum absolute atomic E-state index is 0.0634. The quantitative estimate of drug-likeness (QED) is 0.743. The van der Waals surface area contributed by atoms with Gasteiger partial charge in [0.15, 0.2) is 5.78 Å². The summed E-state index contributed by atoms with van der Waals surface area (Å²) in [6.45, 7) is 4.14. The van der Waals surface area contributed by atoms with Crippen molar-refractivity contribution in [2.45, 2.75) is 32.6 Å². The lowest BCUT2D eigenvalue weighted by atomic mass is 9.69. The average molecular weight is 336 g/mol. The monoisotopic (exact) mass is 336 g/mol. The summed E-state index contributed by atoms with van der Waals surface area (Å²) in [5.74, 6) is 0.162. The lowest BCUT2D eigenvalue weighted by Crippen LogP contribution is -2.37. The van der Waals surface area contributed by atoms with E-state index in [9.17, 15) is 9.59 Å². The number of nitrogens with two attached hydrogens (primary N) is 1. The van der Waals surface area contributed by atoms with Crippen LogP contribution >= 0.6 is 0 Å². The zero-order valence-corrected chi connectivity index (χ0v) is 14.2. The molecule has 1 aliphatic carbocycles. The summed E-state index contributed by atoms with van der Waals surface area (Å²) in [5.41, 5.74) is 8.16. The van der Waals surface area contributed by atoms with Gasteiger partial charge in [-0.3, -0.25) is 14.6 Å². The van der Waals surface area contributed by atoms with E-state index in [0.29, 0.717) is 23.4 Å². The molecule has 0 spiro atoms. The summed E-state index contributed by atoms with van der Waals surface area (Å²) in [6.07, 6.45) is 1.19. The predicted octanol–water partition coefficient (Wildman–Crippen LogP) is 2.55. The number of anilines is 2. The van der Waals surface area contributed by atoms with Crippen molar-refractivity contribution < 1.29 is 4.79 Å². The highest BCUT2D eigenvalue weighted by Gasteiger charge is 2.42. The molecule has 2 aromatic rings. The molecule has 0 saturated carbocycles. The minimum Gasteiger partial charge on any atom is -0.369 e.